The molecule has 2 aliphatic rings. The molecule has 0 aromatic rings. The van der Waals surface area contributed by atoms with Crippen molar-refractivity contribution in [3.8, 4) is 0 Å². The second kappa shape index (κ2) is 9.87. The van der Waals surface area contributed by atoms with Crippen LogP contribution in [0.15, 0.2) is 4.99 Å². The van der Waals surface area contributed by atoms with Gasteiger partial charge in [0.1, 0.15) is 19.5 Å². The smallest absolute Gasteiger partial charge is 0.308 e. The van der Waals surface area contributed by atoms with E-state index in [0.29, 0.717) is 0 Å². The normalized spacial score (nSPS) is 28.0. The highest BCUT2D eigenvalue weighted by Gasteiger charge is 2.54. The molecule has 2 heterocycles. The van der Waals surface area contributed by atoms with Crippen molar-refractivity contribution in [3.63, 3.8) is 0 Å². The van der Waals surface area contributed by atoms with Gasteiger partial charge in [-0.15, -0.1) is 0 Å². The number of nitrogens with zero attached hydrogens (tertiary/aromatic N) is 2. The van der Waals surface area contributed by atoms with Crippen LogP contribution < -0.4 is 0 Å². The lowest BCUT2D eigenvalue weighted by molar-refractivity contribution is -0.293. The van der Waals surface area contributed by atoms with Gasteiger partial charge in [0, 0.05) is 18.2 Å². The number of hydrogen-bond donors (Lipinski definition) is 1. The molecule has 180 valence electrons. The van der Waals surface area contributed by atoms with Crippen LogP contribution in [0.3, 0.4) is 0 Å². The molecule has 3 atom stereocenters. The summed E-state index contributed by atoms with van der Waals surface area (Å²) in [5.74, 6) is -2.14. The second-order valence-electron chi connectivity index (χ2n) is 9.47. The molecule has 11 heteroatoms. The van der Waals surface area contributed by atoms with E-state index in [1.807, 2.05) is 5.06 Å². The molecule has 0 bridgehead atoms. The summed E-state index contributed by atoms with van der Waals surface area (Å²) in [6, 6.07) is 0. The van der Waals surface area contributed by atoms with Gasteiger partial charge < -0.3 is 19.3 Å². The Morgan fingerprint density at radius 2 is 1.84 bits per heavy atom. The van der Waals surface area contributed by atoms with E-state index in [4.69, 9.17) is 53.9 Å². The SMILES string of the molecule is COCO[C@@H]([C@@H](C)C(=O)O)C1(CON2C(C)(C)CCCC2(C)C)COC(C(Cl)(Cl)Cl)=N1. The number of alkyl halides is 3. The van der Waals surface area contributed by atoms with E-state index in [9.17, 15) is 9.90 Å². The Kier molecular flexibility index (Phi) is 8.57. The van der Waals surface area contributed by atoms with E-state index in [-0.39, 0.29) is 37.0 Å². The Bertz CT molecular complexity index is 666. The summed E-state index contributed by atoms with van der Waals surface area (Å²) < 4.78 is 14.5. The molecular weight excluding hydrogens is 471 g/mol. The van der Waals surface area contributed by atoms with Crippen LogP contribution in [0.2, 0.25) is 0 Å². The lowest BCUT2D eigenvalue weighted by Crippen LogP contribution is -2.61. The number of hydroxylamine groups is 2. The van der Waals surface area contributed by atoms with Crippen molar-refractivity contribution in [2.75, 3.05) is 27.1 Å². The number of methoxy groups -OCH3 is 1. The fraction of sp³-hybridized carbons (Fsp3) is 0.900. The molecule has 2 aliphatic heterocycles. The largest absolute Gasteiger partial charge is 0.481 e. The van der Waals surface area contributed by atoms with Crippen molar-refractivity contribution in [1.29, 1.82) is 0 Å². The van der Waals surface area contributed by atoms with Crippen molar-refractivity contribution >= 4 is 46.7 Å². The Morgan fingerprint density at radius 1 is 1.26 bits per heavy atom. The van der Waals surface area contributed by atoms with Crippen LogP contribution in [-0.2, 0) is 23.8 Å². The summed E-state index contributed by atoms with van der Waals surface area (Å²) in [5, 5.41) is 11.7. The number of piperidine rings is 1. The monoisotopic (exact) mass is 502 g/mol. The number of hydrogen-bond acceptors (Lipinski definition) is 7. The van der Waals surface area contributed by atoms with Crippen molar-refractivity contribution in [3.05, 3.63) is 0 Å². The predicted octanol–water partition coefficient (Wildman–Crippen LogP) is 4.21. The maximum absolute atomic E-state index is 11.9. The molecule has 0 aromatic heterocycles. The summed E-state index contributed by atoms with van der Waals surface area (Å²) >= 11 is 18.0. The van der Waals surface area contributed by atoms with E-state index in [1.54, 1.807) is 0 Å². The van der Waals surface area contributed by atoms with Crippen LogP contribution in [0, 0.1) is 5.92 Å². The first-order chi connectivity index (χ1) is 14.2. The molecule has 0 amide bonds. The lowest BCUT2D eigenvalue weighted by atomic mass is 9.82. The zero-order valence-electron chi connectivity index (χ0n) is 18.9. The number of carbonyl (C=O) groups is 1. The molecule has 1 fully saturated rings. The van der Waals surface area contributed by atoms with Crippen LogP contribution in [-0.4, -0.2) is 75.7 Å². The Morgan fingerprint density at radius 3 is 2.29 bits per heavy atom. The Balaban J connectivity index is 2.43. The van der Waals surface area contributed by atoms with E-state index in [2.05, 4.69) is 32.7 Å². The minimum atomic E-state index is -1.90. The molecule has 0 radical (unpaired) electrons. The van der Waals surface area contributed by atoms with Crippen LogP contribution in [0.1, 0.15) is 53.9 Å². The molecule has 0 saturated carbocycles. The third-order valence-corrected chi connectivity index (χ3v) is 6.37. The van der Waals surface area contributed by atoms with Crippen molar-refractivity contribution < 1.29 is 28.9 Å². The molecule has 1 N–H and O–H groups in total. The zero-order valence-corrected chi connectivity index (χ0v) is 21.2. The van der Waals surface area contributed by atoms with Gasteiger partial charge >= 0.3 is 5.97 Å². The van der Waals surface area contributed by atoms with Gasteiger partial charge in [-0.1, -0.05) is 34.8 Å². The average molecular weight is 504 g/mol. The first-order valence-electron chi connectivity index (χ1n) is 10.2. The molecule has 0 aliphatic carbocycles. The molecule has 8 nitrogen and oxygen atoms in total. The third kappa shape index (κ3) is 6.16. The maximum Gasteiger partial charge on any atom is 0.308 e. The summed E-state index contributed by atoms with van der Waals surface area (Å²) in [6.45, 7) is 9.76. The number of aliphatic carboxylic acids is 1. The standard InChI is InChI=1S/C20H33Cl3N2O6/c1-13(15(26)27)14(30-12-28-6)19(10-29-16(24-19)20(21,22)23)11-31-25-17(2,3)8-7-9-18(25,4)5/h13-14H,7-12H2,1-6H3,(H,26,27)/t13-,14+,19?/m1/s1. The Labute approximate surface area is 199 Å². The van der Waals surface area contributed by atoms with Gasteiger partial charge in [-0.2, -0.15) is 5.06 Å². The second-order valence-corrected chi connectivity index (χ2v) is 11.8. The minimum absolute atomic E-state index is 0.0178. The highest BCUT2D eigenvalue weighted by molar-refractivity contribution is 6.76. The third-order valence-electron chi connectivity index (χ3n) is 5.88. The molecule has 1 saturated heterocycles. The maximum atomic E-state index is 11.9. The van der Waals surface area contributed by atoms with Gasteiger partial charge in [0.15, 0.2) is 5.54 Å². The fourth-order valence-corrected chi connectivity index (χ4v) is 4.74. The predicted molar refractivity (Wildman–Crippen MR) is 120 cm³/mol. The van der Waals surface area contributed by atoms with Crippen LogP contribution in [0.25, 0.3) is 0 Å². The van der Waals surface area contributed by atoms with Gasteiger partial charge in [-0.05, 0) is 53.9 Å². The highest BCUT2D eigenvalue weighted by atomic mass is 35.6. The summed E-state index contributed by atoms with van der Waals surface area (Å²) in [6.07, 6.45) is 2.04. The van der Waals surface area contributed by atoms with Crippen molar-refractivity contribution in [1.82, 2.24) is 5.06 Å². The summed E-state index contributed by atoms with van der Waals surface area (Å²) in [7, 11) is 1.45. The fourth-order valence-electron chi connectivity index (χ4n) is 4.44. The number of aliphatic imine (C=N–C) groups is 1. The molecule has 0 spiro atoms. The van der Waals surface area contributed by atoms with Crippen LogP contribution >= 0.6 is 34.8 Å². The van der Waals surface area contributed by atoms with Gasteiger partial charge in [0.25, 0.3) is 3.79 Å². The van der Waals surface area contributed by atoms with Crippen LogP contribution in [0.4, 0.5) is 0 Å². The average Bonchev–Trinajstić information content (AvgIpc) is 3.06. The molecule has 2 rings (SSSR count). The minimum Gasteiger partial charge on any atom is -0.481 e. The molecule has 31 heavy (non-hydrogen) atoms. The lowest BCUT2D eigenvalue weighted by Gasteiger charge is -2.52. The van der Waals surface area contributed by atoms with Gasteiger partial charge in [-0.25, -0.2) is 4.99 Å². The topological polar surface area (TPSA) is 89.8 Å². The zero-order chi connectivity index (χ0) is 23.7. The van der Waals surface area contributed by atoms with E-state index >= 15 is 0 Å². The van der Waals surface area contributed by atoms with Gasteiger partial charge in [0.2, 0.25) is 5.90 Å². The van der Waals surface area contributed by atoms with E-state index in [1.165, 1.54) is 14.0 Å². The number of halogens is 3. The number of ether oxygens (including phenoxy) is 3. The Hall–Kier alpha value is -0.350. The quantitative estimate of drug-likeness (QED) is 0.372. The van der Waals surface area contributed by atoms with E-state index < -0.39 is 27.3 Å². The van der Waals surface area contributed by atoms with Gasteiger partial charge in [0.05, 0.1) is 12.5 Å². The number of rotatable bonds is 9. The van der Waals surface area contributed by atoms with Crippen molar-refractivity contribution in [2.24, 2.45) is 10.9 Å². The van der Waals surface area contributed by atoms with Gasteiger partial charge in [-0.3, -0.25) is 9.63 Å². The van der Waals surface area contributed by atoms with Crippen molar-refractivity contribution in [2.45, 2.75) is 80.4 Å². The molecular formula is C20H33Cl3N2O6. The molecule has 0 aromatic carbocycles. The number of carboxylic acid groups (broad SMARTS) is 1. The number of carboxylic acids is 1. The first kappa shape index (κ1) is 26.9. The summed E-state index contributed by atoms with van der Waals surface area (Å²) in [5.41, 5.74) is -1.71. The highest BCUT2D eigenvalue weighted by Crippen LogP contribution is 2.41. The first-order valence-corrected chi connectivity index (χ1v) is 11.4. The summed E-state index contributed by atoms with van der Waals surface area (Å²) in [4.78, 5) is 22.7. The van der Waals surface area contributed by atoms with E-state index in [0.717, 1.165) is 19.3 Å². The molecule has 1 unspecified atom stereocenters. The van der Waals surface area contributed by atoms with Crippen LogP contribution in [0.5, 0.6) is 0 Å².